The van der Waals surface area contributed by atoms with E-state index in [0.717, 1.165) is 5.56 Å². The highest BCUT2D eigenvalue weighted by Crippen LogP contribution is 2.22. The fraction of sp³-hybridized carbons (Fsp3) is 0.0909. The van der Waals surface area contributed by atoms with E-state index in [4.69, 9.17) is 27.6 Å². The van der Waals surface area contributed by atoms with Gasteiger partial charge in [-0.15, -0.1) is 0 Å². The molecule has 3 aromatic rings. The van der Waals surface area contributed by atoms with Gasteiger partial charge in [0.05, 0.1) is 12.8 Å². The smallest absolute Gasteiger partial charge is 0.329 e. The van der Waals surface area contributed by atoms with Crippen LogP contribution in [0.25, 0.3) is 0 Å². The van der Waals surface area contributed by atoms with Gasteiger partial charge in [0, 0.05) is 34.7 Å². The van der Waals surface area contributed by atoms with Crippen molar-refractivity contribution in [3.8, 4) is 0 Å². The zero-order valence-corrected chi connectivity index (χ0v) is 19.4. The standard InChI is InChI=1S/C22H18Cl2N6O5/c23-14-7-15(24)9-16(8-14)29-21(33)19(31)27-11-17-1-2-18(35-17)12-28-30-22(34)20(32)26-10-13-3-5-25-6-4-13/h1-9,12H,10-11H2,(H,26,32)(H,27,31)(H,29,33)(H,30,34)/b28-12+. The molecule has 35 heavy (non-hydrogen) atoms. The largest absolute Gasteiger partial charge is 0.458 e. The van der Waals surface area contributed by atoms with Gasteiger partial charge in [-0.2, -0.15) is 5.10 Å². The molecule has 0 saturated heterocycles. The fourth-order valence-electron chi connectivity index (χ4n) is 2.59. The minimum Gasteiger partial charge on any atom is -0.458 e. The molecule has 0 aliphatic carbocycles. The Labute approximate surface area is 208 Å². The Morgan fingerprint density at radius 1 is 0.857 bits per heavy atom. The molecule has 4 amide bonds. The normalized spacial score (nSPS) is 10.6. The second-order valence-electron chi connectivity index (χ2n) is 6.84. The SMILES string of the molecule is O=C(NCc1ccncc1)C(=O)N/N=C/c1ccc(CNC(=O)C(=O)Nc2cc(Cl)cc(Cl)c2)o1. The fourth-order valence-corrected chi connectivity index (χ4v) is 3.12. The zero-order valence-electron chi connectivity index (χ0n) is 17.9. The van der Waals surface area contributed by atoms with Gasteiger partial charge < -0.3 is 20.4 Å². The summed E-state index contributed by atoms with van der Waals surface area (Å²) in [6.07, 6.45) is 4.32. The molecule has 0 aliphatic heterocycles. The van der Waals surface area contributed by atoms with Crippen molar-refractivity contribution in [2.75, 3.05) is 5.32 Å². The number of aromatic nitrogens is 1. The highest BCUT2D eigenvalue weighted by Gasteiger charge is 2.15. The number of rotatable bonds is 7. The van der Waals surface area contributed by atoms with Crippen LogP contribution in [-0.4, -0.2) is 34.8 Å². The summed E-state index contributed by atoms with van der Waals surface area (Å²) in [6, 6.07) is 10.8. The van der Waals surface area contributed by atoms with Gasteiger partial charge in [-0.3, -0.25) is 24.2 Å². The molecule has 3 rings (SSSR count). The van der Waals surface area contributed by atoms with E-state index in [1.165, 1.54) is 30.5 Å². The maximum absolute atomic E-state index is 12.0. The van der Waals surface area contributed by atoms with Gasteiger partial charge in [-0.05, 0) is 48.0 Å². The third kappa shape index (κ3) is 8.25. The van der Waals surface area contributed by atoms with Crippen LogP contribution in [0.15, 0.2) is 64.4 Å². The monoisotopic (exact) mass is 516 g/mol. The van der Waals surface area contributed by atoms with E-state index in [9.17, 15) is 19.2 Å². The molecule has 0 radical (unpaired) electrons. The van der Waals surface area contributed by atoms with Crippen molar-refractivity contribution in [3.05, 3.63) is 82.0 Å². The summed E-state index contributed by atoms with van der Waals surface area (Å²) in [5.41, 5.74) is 3.13. The molecule has 13 heteroatoms. The lowest BCUT2D eigenvalue weighted by molar-refractivity contribution is -0.139. The Morgan fingerprint density at radius 2 is 1.51 bits per heavy atom. The lowest BCUT2D eigenvalue weighted by Gasteiger charge is -2.06. The molecule has 0 spiro atoms. The first-order chi connectivity index (χ1) is 16.8. The van der Waals surface area contributed by atoms with E-state index in [0.29, 0.717) is 15.8 Å². The molecule has 2 aromatic heterocycles. The topological polar surface area (TPSA) is 155 Å². The zero-order chi connectivity index (χ0) is 25.2. The predicted molar refractivity (Wildman–Crippen MR) is 127 cm³/mol. The maximum atomic E-state index is 12.0. The van der Waals surface area contributed by atoms with Crippen molar-refractivity contribution in [2.24, 2.45) is 5.10 Å². The van der Waals surface area contributed by atoms with E-state index in [1.54, 1.807) is 30.6 Å². The van der Waals surface area contributed by atoms with Crippen molar-refractivity contribution in [1.82, 2.24) is 21.0 Å². The minimum atomic E-state index is -0.957. The van der Waals surface area contributed by atoms with Gasteiger partial charge in [0.25, 0.3) is 0 Å². The number of anilines is 1. The number of hydrogen-bond acceptors (Lipinski definition) is 7. The van der Waals surface area contributed by atoms with E-state index < -0.39 is 23.6 Å². The average Bonchev–Trinajstić information content (AvgIpc) is 3.28. The number of nitrogens with zero attached hydrogens (tertiary/aromatic N) is 2. The summed E-state index contributed by atoms with van der Waals surface area (Å²) in [5.74, 6) is -3.08. The summed E-state index contributed by atoms with van der Waals surface area (Å²) in [6.45, 7) is 0.0801. The molecule has 1 aromatic carbocycles. The van der Waals surface area contributed by atoms with Crippen molar-refractivity contribution < 1.29 is 23.6 Å². The van der Waals surface area contributed by atoms with Gasteiger partial charge in [0.1, 0.15) is 11.5 Å². The van der Waals surface area contributed by atoms with E-state index >= 15 is 0 Å². The first-order valence-electron chi connectivity index (χ1n) is 9.94. The molecular formula is C22H18Cl2N6O5. The van der Waals surface area contributed by atoms with Crippen LogP contribution in [0, 0.1) is 0 Å². The number of benzene rings is 1. The molecule has 11 nitrogen and oxygen atoms in total. The number of pyridine rings is 1. The van der Waals surface area contributed by atoms with Crippen LogP contribution in [0.5, 0.6) is 0 Å². The molecule has 0 unspecified atom stereocenters. The minimum absolute atomic E-state index is 0.0832. The van der Waals surface area contributed by atoms with Crippen LogP contribution >= 0.6 is 23.2 Å². The van der Waals surface area contributed by atoms with Gasteiger partial charge in [-0.1, -0.05) is 23.2 Å². The highest BCUT2D eigenvalue weighted by atomic mass is 35.5. The number of nitrogens with one attached hydrogen (secondary N) is 4. The van der Waals surface area contributed by atoms with Crippen molar-refractivity contribution in [1.29, 1.82) is 0 Å². The van der Waals surface area contributed by atoms with Gasteiger partial charge in [0.15, 0.2) is 0 Å². The Bertz CT molecular complexity index is 1240. The van der Waals surface area contributed by atoms with Crippen LogP contribution in [0.3, 0.4) is 0 Å². The Hall–Kier alpha value is -4.22. The van der Waals surface area contributed by atoms with E-state index in [1.807, 2.05) is 0 Å². The molecule has 0 saturated carbocycles. The number of hydrazone groups is 1. The molecule has 2 heterocycles. The van der Waals surface area contributed by atoms with Crippen molar-refractivity contribution >= 4 is 58.7 Å². The first kappa shape index (κ1) is 25.4. The number of furan rings is 1. The summed E-state index contributed by atoms with van der Waals surface area (Å²) >= 11 is 11.7. The van der Waals surface area contributed by atoms with Gasteiger partial charge >= 0.3 is 23.6 Å². The quantitative estimate of drug-likeness (QED) is 0.214. The van der Waals surface area contributed by atoms with Crippen LogP contribution in [0.2, 0.25) is 10.0 Å². The molecule has 0 atom stereocenters. The number of carbonyl (C=O) groups is 4. The number of carbonyl (C=O) groups excluding carboxylic acids is 4. The number of hydrogen-bond donors (Lipinski definition) is 4. The lowest BCUT2D eigenvalue weighted by Crippen LogP contribution is -2.37. The highest BCUT2D eigenvalue weighted by molar-refractivity contribution is 6.40. The average molecular weight is 517 g/mol. The van der Waals surface area contributed by atoms with Crippen molar-refractivity contribution in [2.45, 2.75) is 13.1 Å². The van der Waals surface area contributed by atoms with Crippen LogP contribution in [0.1, 0.15) is 17.1 Å². The van der Waals surface area contributed by atoms with Gasteiger partial charge in [0.2, 0.25) is 0 Å². The molecular weight excluding hydrogens is 499 g/mol. The first-order valence-corrected chi connectivity index (χ1v) is 10.7. The summed E-state index contributed by atoms with van der Waals surface area (Å²) < 4.78 is 5.42. The predicted octanol–water partition coefficient (Wildman–Crippen LogP) is 2.00. The van der Waals surface area contributed by atoms with Crippen LogP contribution in [-0.2, 0) is 32.3 Å². The number of halogens is 2. The Balaban J connectivity index is 1.41. The van der Waals surface area contributed by atoms with Crippen molar-refractivity contribution in [3.63, 3.8) is 0 Å². The lowest BCUT2D eigenvalue weighted by atomic mass is 10.3. The molecule has 0 aliphatic rings. The van der Waals surface area contributed by atoms with E-state index in [-0.39, 0.29) is 24.5 Å². The molecule has 0 bridgehead atoms. The van der Waals surface area contributed by atoms with Gasteiger partial charge in [-0.25, -0.2) is 5.43 Å². The van der Waals surface area contributed by atoms with E-state index in [2.05, 4.69) is 31.5 Å². The Kier molecular flexibility index (Phi) is 8.93. The summed E-state index contributed by atoms with van der Waals surface area (Å²) in [7, 11) is 0. The third-order valence-corrected chi connectivity index (χ3v) is 4.64. The maximum Gasteiger partial charge on any atom is 0.329 e. The Morgan fingerprint density at radius 3 is 2.23 bits per heavy atom. The van der Waals surface area contributed by atoms with Crippen LogP contribution in [0.4, 0.5) is 5.69 Å². The van der Waals surface area contributed by atoms with Crippen LogP contribution < -0.4 is 21.4 Å². The second-order valence-corrected chi connectivity index (χ2v) is 7.71. The summed E-state index contributed by atoms with van der Waals surface area (Å²) in [5, 5.41) is 11.5. The number of amides is 4. The second kappa shape index (κ2) is 12.3. The molecule has 180 valence electrons. The third-order valence-electron chi connectivity index (χ3n) is 4.20. The summed E-state index contributed by atoms with van der Waals surface area (Å²) in [4.78, 5) is 51.5. The molecule has 0 fully saturated rings. The molecule has 4 N–H and O–H groups in total.